The molecule has 1 aromatic heterocycles. The van der Waals surface area contributed by atoms with E-state index < -0.39 is 0 Å². The summed E-state index contributed by atoms with van der Waals surface area (Å²) in [5.41, 5.74) is 4.47. The number of nitrogens with zero attached hydrogens (tertiary/aromatic N) is 5. The van der Waals surface area contributed by atoms with Gasteiger partial charge in [0.15, 0.2) is 11.5 Å². The number of nitrogens with one attached hydrogen (secondary N) is 2. The van der Waals surface area contributed by atoms with Crippen molar-refractivity contribution in [2.75, 3.05) is 35.3 Å². The van der Waals surface area contributed by atoms with Crippen LogP contribution < -0.4 is 20.4 Å². The number of hydrazone groups is 1. The highest BCUT2D eigenvalue weighted by Gasteiger charge is 2.17. The zero-order valence-electron chi connectivity index (χ0n) is 17.3. The van der Waals surface area contributed by atoms with E-state index in [1.54, 1.807) is 24.4 Å². The number of aromatic nitrogens is 3. The molecule has 160 valence electrons. The molecule has 0 radical (unpaired) electrons. The molecule has 0 spiro atoms. The SMILES string of the molecule is CCOc1ccc(/C=N\Nc2nc(Nc3ccccc3)nc(N3CCCC3)n2)cc1O. The Balaban J connectivity index is 1.52. The van der Waals surface area contributed by atoms with Crippen LogP contribution in [0.2, 0.25) is 0 Å². The van der Waals surface area contributed by atoms with Crippen LogP contribution in [0.5, 0.6) is 11.5 Å². The maximum Gasteiger partial charge on any atom is 0.250 e. The Hall–Kier alpha value is -3.88. The van der Waals surface area contributed by atoms with Crippen molar-refractivity contribution in [1.82, 2.24) is 15.0 Å². The summed E-state index contributed by atoms with van der Waals surface area (Å²) in [4.78, 5) is 15.7. The highest BCUT2D eigenvalue weighted by Crippen LogP contribution is 2.26. The average molecular weight is 419 g/mol. The second-order valence-electron chi connectivity index (χ2n) is 7.00. The van der Waals surface area contributed by atoms with Crippen LogP contribution in [0.25, 0.3) is 0 Å². The molecular weight excluding hydrogens is 394 g/mol. The number of rotatable bonds is 8. The van der Waals surface area contributed by atoms with Gasteiger partial charge in [0.25, 0.3) is 0 Å². The number of benzene rings is 2. The highest BCUT2D eigenvalue weighted by molar-refractivity contribution is 5.81. The molecule has 0 unspecified atom stereocenters. The Bertz CT molecular complexity index is 1040. The summed E-state index contributed by atoms with van der Waals surface area (Å²) < 4.78 is 5.34. The van der Waals surface area contributed by atoms with Crippen LogP contribution in [0, 0.1) is 0 Å². The van der Waals surface area contributed by atoms with Crippen LogP contribution in [0.15, 0.2) is 53.6 Å². The molecule has 1 fully saturated rings. The van der Waals surface area contributed by atoms with Crippen molar-refractivity contribution in [3.05, 3.63) is 54.1 Å². The number of phenolic OH excluding ortho intramolecular Hbond substituents is 1. The van der Waals surface area contributed by atoms with E-state index in [9.17, 15) is 5.11 Å². The largest absolute Gasteiger partial charge is 0.504 e. The predicted molar refractivity (Wildman–Crippen MR) is 121 cm³/mol. The van der Waals surface area contributed by atoms with E-state index in [4.69, 9.17) is 4.74 Å². The molecule has 9 nitrogen and oxygen atoms in total. The number of anilines is 4. The number of phenols is 1. The smallest absolute Gasteiger partial charge is 0.250 e. The zero-order valence-corrected chi connectivity index (χ0v) is 17.3. The Morgan fingerprint density at radius 1 is 1.06 bits per heavy atom. The first-order valence-corrected chi connectivity index (χ1v) is 10.3. The quantitative estimate of drug-likeness (QED) is 0.374. The molecule has 1 saturated heterocycles. The molecule has 0 aliphatic carbocycles. The van der Waals surface area contributed by atoms with Crippen LogP contribution in [0.3, 0.4) is 0 Å². The number of ether oxygens (including phenoxy) is 1. The fraction of sp³-hybridized carbons (Fsp3) is 0.273. The zero-order chi connectivity index (χ0) is 21.5. The fourth-order valence-electron chi connectivity index (χ4n) is 3.24. The van der Waals surface area contributed by atoms with E-state index in [-0.39, 0.29) is 5.75 Å². The van der Waals surface area contributed by atoms with Crippen molar-refractivity contribution in [1.29, 1.82) is 0 Å². The fourth-order valence-corrected chi connectivity index (χ4v) is 3.24. The minimum atomic E-state index is 0.0663. The van der Waals surface area contributed by atoms with E-state index in [0.29, 0.717) is 35.8 Å². The summed E-state index contributed by atoms with van der Waals surface area (Å²) in [5, 5.41) is 17.5. The van der Waals surface area contributed by atoms with Gasteiger partial charge in [0, 0.05) is 18.8 Å². The molecule has 1 aliphatic rings. The van der Waals surface area contributed by atoms with Crippen LogP contribution in [-0.4, -0.2) is 46.0 Å². The first-order valence-electron chi connectivity index (χ1n) is 10.3. The molecule has 2 heterocycles. The Morgan fingerprint density at radius 2 is 1.84 bits per heavy atom. The summed E-state index contributed by atoms with van der Waals surface area (Å²) in [6.07, 6.45) is 3.82. The van der Waals surface area contributed by atoms with Gasteiger partial charge >= 0.3 is 0 Å². The topological polar surface area (TPSA) is 108 Å². The third kappa shape index (κ3) is 5.39. The highest BCUT2D eigenvalue weighted by atomic mass is 16.5. The van der Waals surface area contributed by atoms with Gasteiger partial charge in [-0.3, -0.25) is 0 Å². The van der Waals surface area contributed by atoms with Gasteiger partial charge in [0.1, 0.15) is 0 Å². The number of para-hydroxylation sites is 1. The van der Waals surface area contributed by atoms with E-state index in [0.717, 1.165) is 31.6 Å². The van der Waals surface area contributed by atoms with Gasteiger partial charge in [-0.15, -0.1) is 0 Å². The van der Waals surface area contributed by atoms with Gasteiger partial charge in [-0.1, -0.05) is 18.2 Å². The molecule has 2 aromatic carbocycles. The standard InChI is InChI=1S/C22H25N7O2/c1-2-31-19-11-10-16(14-18(19)30)15-23-28-21-25-20(24-17-8-4-3-5-9-17)26-22(27-21)29-12-6-7-13-29/h3-5,8-11,14-15,30H,2,6-7,12-13H2,1H3,(H2,24,25,26,27,28)/b23-15-. The normalized spacial score (nSPS) is 13.5. The third-order valence-corrected chi connectivity index (χ3v) is 4.70. The van der Waals surface area contributed by atoms with Crippen LogP contribution >= 0.6 is 0 Å². The second kappa shape index (κ2) is 9.75. The lowest BCUT2D eigenvalue weighted by atomic mass is 10.2. The summed E-state index contributed by atoms with van der Waals surface area (Å²) >= 11 is 0. The van der Waals surface area contributed by atoms with Gasteiger partial charge in [-0.25, -0.2) is 5.43 Å². The van der Waals surface area contributed by atoms with Crippen molar-refractivity contribution in [2.24, 2.45) is 5.10 Å². The molecule has 0 saturated carbocycles. The lowest BCUT2D eigenvalue weighted by molar-refractivity contribution is 0.318. The van der Waals surface area contributed by atoms with Crippen molar-refractivity contribution in [2.45, 2.75) is 19.8 Å². The van der Waals surface area contributed by atoms with Crippen LogP contribution in [0.1, 0.15) is 25.3 Å². The van der Waals surface area contributed by atoms with E-state index in [2.05, 4.69) is 35.7 Å². The van der Waals surface area contributed by atoms with Gasteiger partial charge in [0.05, 0.1) is 12.8 Å². The molecule has 0 amide bonds. The van der Waals surface area contributed by atoms with Crippen molar-refractivity contribution >= 4 is 29.7 Å². The third-order valence-electron chi connectivity index (χ3n) is 4.70. The molecular formula is C22H25N7O2. The van der Waals surface area contributed by atoms with E-state index in [1.807, 2.05) is 37.3 Å². The summed E-state index contributed by atoms with van der Waals surface area (Å²) in [5.74, 6) is 1.90. The van der Waals surface area contributed by atoms with E-state index >= 15 is 0 Å². The molecule has 4 rings (SSSR count). The summed E-state index contributed by atoms with van der Waals surface area (Å²) in [6, 6.07) is 14.8. The van der Waals surface area contributed by atoms with E-state index in [1.165, 1.54) is 0 Å². The van der Waals surface area contributed by atoms with Gasteiger partial charge in [-0.2, -0.15) is 20.1 Å². The maximum atomic E-state index is 10.0. The molecule has 3 aromatic rings. The van der Waals surface area contributed by atoms with Crippen molar-refractivity contribution < 1.29 is 9.84 Å². The number of hydrogen-bond donors (Lipinski definition) is 3. The first-order chi connectivity index (χ1) is 15.2. The second-order valence-corrected chi connectivity index (χ2v) is 7.00. The predicted octanol–water partition coefficient (Wildman–Crippen LogP) is 3.77. The molecule has 31 heavy (non-hydrogen) atoms. The minimum Gasteiger partial charge on any atom is -0.504 e. The number of hydrogen-bond acceptors (Lipinski definition) is 9. The Kier molecular flexibility index (Phi) is 6.41. The minimum absolute atomic E-state index is 0.0663. The van der Waals surface area contributed by atoms with Crippen molar-refractivity contribution in [3.63, 3.8) is 0 Å². The lowest BCUT2D eigenvalue weighted by Crippen LogP contribution is -2.21. The Labute approximate surface area is 180 Å². The lowest BCUT2D eigenvalue weighted by Gasteiger charge is -2.16. The molecule has 0 bridgehead atoms. The maximum absolute atomic E-state index is 10.0. The first kappa shape index (κ1) is 20.4. The molecule has 3 N–H and O–H groups in total. The molecule has 1 aliphatic heterocycles. The van der Waals surface area contributed by atoms with Crippen LogP contribution in [-0.2, 0) is 0 Å². The van der Waals surface area contributed by atoms with Crippen molar-refractivity contribution in [3.8, 4) is 11.5 Å². The monoisotopic (exact) mass is 419 g/mol. The summed E-state index contributed by atoms with van der Waals surface area (Å²) in [7, 11) is 0. The van der Waals surface area contributed by atoms with Crippen LogP contribution in [0.4, 0.5) is 23.5 Å². The van der Waals surface area contributed by atoms with Gasteiger partial charge in [0.2, 0.25) is 17.8 Å². The summed E-state index contributed by atoms with van der Waals surface area (Å²) in [6.45, 7) is 4.19. The average Bonchev–Trinajstić information content (AvgIpc) is 3.31. The molecule has 0 atom stereocenters. The number of aromatic hydroxyl groups is 1. The van der Waals surface area contributed by atoms with Gasteiger partial charge in [-0.05, 0) is 55.7 Å². The molecule has 9 heteroatoms. The Morgan fingerprint density at radius 3 is 2.58 bits per heavy atom. The van der Waals surface area contributed by atoms with Gasteiger partial charge < -0.3 is 20.1 Å².